The number of benzene rings is 3. The molecule has 0 aliphatic carbocycles. The van der Waals surface area contributed by atoms with Gasteiger partial charge >= 0.3 is 0 Å². The fourth-order valence-corrected chi connectivity index (χ4v) is 9.70. The van der Waals surface area contributed by atoms with Gasteiger partial charge in [0.05, 0.1) is 13.6 Å². The Morgan fingerprint density at radius 2 is 1.43 bits per heavy atom. The predicted octanol–water partition coefficient (Wildman–Crippen LogP) is 12.0. The second-order valence-corrected chi connectivity index (χ2v) is 21.8. The smallest absolute Gasteiger partial charge is 0.164 e. The van der Waals surface area contributed by atoms with Crippen LogP contribution in [0.3, 0.4) is 0 Å². The third kappa shape index (κ3) is 8.44. The molecule has 265 valence electrons. The van der Waals surface area contributed by atoms with E-state index in [1.165, 1.54) is 32.3 Å². The Balaban J connectivity index is 0.000000312. The van der Waals surface area contributed by atoms with Gasteiger partial charge in [-0.15, -0.1) is 40.5 Å². The first-order valence-electron chi connectivity index (χ1n) is 17.5. The van der Waals surface area contributed by atoms with E-state index in [-0.39, 0.29) is 47.9 Å². The number of rotatable bonds is 9. The number of allylic oxidation sites excluding steroid dienone is 2. The Morgan fingerprint density at radius 1 is 0.837 bits per heavy atom. The molecule has 2 heterocycles. The van der Waals surface area contributed by atoms with Crippen LogP contribution in [0.5, 0.6) is 0 Å². The van der Waals surface area contributed by atoms with Crippen molar-refractivity contribution in [3.05, 3.63) is 78.3 Å². The molecule has 0 fully saturated rings. The Morgan fingerprint density at radius 3 is 2.00 bits per heavy atom. The van der Waals surface area contributed by atoms with Gasteiger partial charge in [0.1, 0.15) is 12.1 Å². The van der Waals surface area contributed by atoms with Gasteiger partial charge in [0.25, 0.3) is 0 Å². The van der Waals surface area contributed by atoms with Gasteiger partial charge in [-0.1, -0.05) is 129 Å². The van der Waals surface area contributed by atoms with E-state index >= 15 is 0 Å². The topological polar surface area (TPSA) is 63.1 Å². The Hall–Kier alpha value is -2.70. The molecule has 0 aliphatic heterocycles. The van der Waals surface area contributed by atoms with Crippen molar-refractivity contribution in [1.29, 1.82) is 0 Å². The summed E-state index contributed by atoms with van der Waals surface area (Å²) in [7, 11) is -1.47. The van der Waals surface area contributed by atoms with Crippen molar-refractivity contribution >= 4 is 61.5 Å². The molecule has 4 nitrogen and oxygen atoms in total. The van der Waals surface area contributed by atoms with Gasteiger partial charge in [-0.25, -0.2) is 4.98 Å². The summed E-state index contributed by atoms with van der Waals surface area (Å²) < 4.78 is 2.53. The molecule has 0 amide bonds. The first-order chi connectivity index (χ1) is 22.4. The van der Waals surface area contributed by atoms with Crippen LogP contribution < -0.4 is 5.19 Å². The fourth-order valence-electron chi connectivity index (χ4n) is 6.04. The third-order valence-corrected chi connectivity index (χ3v) is 14.0. The molecule has 0 aliphatic rings. The van der Waals surface area contributed by atoms with E-state index in [1.54, 1.807) is 6.33 Å². The summed E-state index contributed by atoms with van der Waals surface area (Å²) in [5, 5.41) is 15.3. The van der Waals surface area contributed by atoms with Crippen LogP contribution >= 0.6 is 11.3 Å². The van der Waals surface area contributed by atoms with Crippen LogP contribution in [0.15, 0.2) is 66.7 Å². The maximum absolute atomic E-state index is 12.2. The summed E-state index contributed by atoms with van der Waals surface area (Å²) in [5.41, 5.74) is 3.85. The zero-order chi connectivity index (χ0) is 35.7. The van der Waals surface area contributed by atoms with Crippen LogP contribution in [-0.2, 0) is 30.3 Å². The molecule has 1 N–H and O–H groups in total. The summed E-state index contributed by atoms with van der Waals surface area (Å²) in [6, 6.07) is 21.2. The molecular formula is C42H55IrN2O2SSi-. The molecule has 0 bridgehead atoms. The summed E-state index contributed by atoms with van der Waals surface area (Å²) in [5.74, 6) is 0.286. The van der Waals surface area contributed by atoms with Crippen molar-refractivity contribution in [2.45, 2.75) is 113 Å². The predicted molar refractivity (Wildman–Crippen MR) is 211 cm³/mol. The Bertz CT molecular complexity index is 1960. The number of aliphatic hydroxyl groups excluding tert-OH is 1. The van der Waals surface area contributed by atoms with Gasteiger partial charge in [-0.3, -0.25) is 9.78 Å². The van der Waals surface area contributed by atoms with E-state index in [0.717, 1.165) is 52.5 Å². The van der Waals surface area contributed by atoms with Gasteiger partial charge in [0.15, 0.2) is 5.78 Å². The zero-order valence-electron chi connectivity index (χ0n) is 31.6. The SMILES string of the molecule is CC(C)(C)c1cc(-c2ncnc3c2sc2c([Si](C)(C)C)cccc23)[c-]c2ccccc12.CCC(C)(CC)C(=O)/C=C(\O)C(C)(CC)CC.[Ir]. The minimum atomic E-state index is -1.47. The van der Waals surface area contributed by atoms with Crippen LogP contribution in [0.2, 0.25) is 19.6 Å². The molecule has 0 unspecified atom stereocenters. The number of ketones is 1. The maximum Gasteiger partial charge on any atom is 0.164 e. The van der Waals surface area contributed by atoms with Crippen LogP contribution in [0.25, 0.3) is 42.3 Å². The first kappa shape index (κ1) is 40.7. The fraction of sp³-hybridized carbons (Fsp3) is 0.452. The second-order valence-electron chi connectivity index (χ2n) is 15.8. The van der Waals surface area contributed by atoms with Gasteiger partial charge in [-0.05, 0) is 36.3 Å². The van der Waals surface area contributed by atoms with Crippen LogP contribution in [0.4, 0.5) is 0 Å². The molecule has 5 rings (SSSR count). The number of carbonyl (C=O) groups excluding carboxylic acids is 1. The summed E-state index contributed by atoms with van der Waals surface area (Å²) in [4.78, 5) is 21.7. The van der Waals surface area contributed by atoms with Crippen molar-refractivity contribution in [3.8, 4) is 11.3 Å². The van der Waals surface area contributed by atoms with E-state index in [1.807, 2.05) is 52.9 Å². The quantitative estimate of drug-likeness (QED) is 0.0694. The first-order valence-corrected chi connectivity index (χ1v) is 21.8. The molecule has 49 heavy (non-hydrogen) atoms. The molecule has 7 heteroatoms. The number of carbonyl (C=O) groups is 1. The van der Waals surface area contributed by atoms with Crippen molar-refractivity contribution in [3.63, 3.8) is 0 Å². The maximum atomic E-state index is 12.2. The van der Waals surface area contributed by atoms with E-state index in [0.29, 0.717) is 0 Å². The standard InChI is InChI=1S/C27H27N2SSi.C15H28O2.Ir/c1-27(2,3)21-15-18(14-17-10-7-8-11-19(17)21)23-26-24(29-16-28-23)20-12-9-13-22(25(20)30-26)31(4,5)6;1-7-14(5,8-2)12(16)11-13(17)15(6,9-3)10-4;/h7-13,15-16H,1-6H3;11,16H,7-10H2,1-6H3;/q-1;;/b;12-11-;. The molecule has 0 spiro atoms. The molecule has 3 aromatic carbocycles. The van der Waals surface area contributed by atoms with Crippen LogP contribution in [-0.4, -0.2) is 28.9 Å². The average molecular weight is 872 g/mol. The van der Waals surface area contributed by atoms with Gasteiger partial charge in [0, 0.05) is 57.5 Å². The van der Waals surface area contributed by atoms with Crippen LogP contribution in [0.1, 0.15) is 93.6 Å². The number of thiophene rings is 1. The van der Waals surface area contributed by atoms with Gasteiger partial charge in [-0.2, -0.15) is 0 Å². The zero-order valence-corrected chi connectivity index (χ0v) is 35.8. The van der Waals surface area contributed by atoms with Crippen molar-refractivity contribution in [1.82, 2.24) is 9.97 Å². The van der Waals surface area contributed by atoms with Crippen molar-refractivity contribution in [2.24, 2.45) is 10.8 Å². The average Bonchev–Trinajstić information content (AvgIpc) is 3.45. The second kappa shape index (κ2) is 15.7. The van der Waals surface area contributed by atoms with Crippen molar-refractivity contribution in [2.75, 3.05) is 0 Å². The molecule has 0 saturated heterocycles. The van der Waals surface area contributed by atoms with E-state index in [9.17, 15) is 9.90 Å². The van der Waals surface area contributed by atoms with E-state index in [2.05, 4.69) is 95.0 Å². The molecule has 2 aromatic heterocycles. The monoisotopic (exact) mass is 872 g/mol. The van der Waals surface area contributed by atoms with E-state index in [4.69, 9.17) is 9.97 Å². The molecule has 5 aromatic rings. The van der Waals surface area contributed by atoms with Gasteiger partial charge < -0.3 is 5.11 Å². The van der Waals surface area contributed by atoms with Crippen LogP contribution in [0, 0.1) is 16.9 Å². The largest absolute Gasteiger partial charge is 0.512 e. The Labute approximate surface area is 313 Å². The third-order valence-electron chi connectivity index (χ3n) is 10.5. The minimum absolute atomic E-state index is 0. The Kier molecular flexibility index (Phi) is 13.0. The normalized spacial score (nSPS) is 12.9. The number of hydrogen-bond acceptors (Lipinski definition) is 5. The number of nitrogens with zero attached hydrogens (tertiary/aromatic N) is 2. The number of aliphatic hydroxyl groups is 1. The number of fused-ring (bicyclic) bond motifs is 4. The number of aromatic nitrogens is 2. The molecule has 0 atom stereocenters. The summed E-state index contributed by atoms with van der Waals surface area (Å²) >= 11 is 1.85. The molecule has 0 saturated carbocycles. The molecule has 1 radical (unpaired) electrons. The summed E-state index contributed by atoms with van der Waals surface area (Å²) in [6.07, 6.45) is 6.47. The minimum Gasteiger partial charge on any atom is -0.512 e. The summed E-state index contributed by atoms with van der Waals surface area (Å²) in [6.45, 7) is 26.1. The number of hydrogen-bond donors (Lipinski definition) is 1. The van der Waals surface area contributed by atoms with Crippen molar-refractivity contribution < 1.29 is 30.0 Å². The van der Waals surface area contributed by atoms with Gasteiger partial charge in [0.2, 0.25) is 0 Å². The van der Waals surface area contributed by atoms with E-state index < -0.39 is 8.07 Å². The molecular weight excluding hydrogens is 817 g/mol.